The van der Waals surface area contributed by atoms with Gasteiger partial charge < -0.3 is 9.84 Å². The molecule has 2 aliphatic heterocycles. The van der Waals surface area contributed by atoms with E-state index in [2.05, 4.69) is 25.7 Å². The smallest absolute Gasteiger partial charge is 0.306 e. The number of aliphatic hydroxyl groups is 1. The monoisotopic (exact) mass is 499 g/mol. The highest BCUT2D eigenvalue weighted by atomic mass is 16.5. The van der Waals surface area contributed by atoms with Gasteiger partial charge in [0, 0.05) is 37.9 Å². The standard InChI is InChI=1S/C31H49NO4/c1-5-6-29(34)36-19-11-12-30(3)25-14-21-20(22(25)15-27(33)26(30)13-19)8-9-24-23(21)17-32-16-18(2)7-10-28(32)31(24,4)35/h18-26,28,35H,5-17H2,1-4H3/t18-,19-,20+,21+,22-,23-,24-,25-,26+,28-,30+,31-/m0/s1. The first-order valence-electron chi connectivity index (χ1n) is 15.3. The van der Waals surface area contributed by atoms with Crippen molar-refractivity contribution in [3.63, 3.8) is 0 Å². The lowest BCUT2D eigenvalue weighted by molar-refractivity contribution is -0.175. The summed E-state index contributed by atoms with van der Waals surface area (Å²) >= 11 is 0. The number of piperidine rings is 2. The van der Waals surface area contributed by atoms with Crippen LogP contribution in [0.4, 0.5) is 0 Å². The Morgan fingerprint density at radius 1 is 1.00 bits per heavy atom. The van der Waals surface area contributed by atoms with Crippen LogP contribution < -0.4 is 0 Å². The molecule has 5 heteroatoms. The van der Waals surface area contributed by atoms with Gasteiger partial charge in [-0.2, -0.15) is 0 Å². The molecule has 6 aliphatic rings. The molecule has 0 aromatic carbocycles. The molecule has 0 aromatic rings. The van der Waals surface area contributed by atoms with Crippen molar-refractivity contribution >= 4 is 11.8 Å². The number of carbonyl (C=O) groups is 2. The third-order valence-electron chi connectivity index (χ3n) is 12.5. The van der Waals surface area contributed by atoms with E-state index in [9.17, 15) is 14.7 Å². The number of hydrogen-bond donors (Lipinski definition) is 1. The molecule has 4 aliphatic carbocycles. The van der Waals surface area contributed by atoms with Gasteiger partial charge in [-0.15, -0.1) is 0 Å². The summed E-state index contributed by atoms with van der Waals surface area (Å²) in [5, 5.41) is 11.9. The number of ether oxygens (including phenoxy) is 1. The van der Waals surface area contributed by atoms with Crippen LogP contribution in [0, 0.1) is 52.8 Å². The van der Waals surface area contributed by atoms with Crippen molar-refractivity contribution < 1.29 is 19.4 Å². The van der Waals surface area contributed by atoms with Gasteiger partial charge in [-0.1, -0.05) is 20.8 Å². The summed E-state index contributed by atoms with van der Waals surface area (Å²) in [5.74, 6) is 4.49. The van der Waals surface area contributed by atoms with Crippen molar-refractivity contribution in [2.75, 3.05) is 13.1 Å². The van der Waals surface area contributed by atoms with Gasteiger partial charge in [0.25, 0.3) is 0 Å². The van der Waals surface area contributed by atoms with Crippen LogP contribution in [0.25, 0.3) is 0 Å². The van der Waals surface area contributed by atoms with E-state index in [0.29, 0.717) is 53.8 Å². The van der Waals surface area contributed by atoms with Gasteiger partial charge in [0.15, 0.2) is 0 Å². The molecule has 0 bridgehead atoms. The summed E-state index contributed by atoms with van der Waals surface area (Å²) in [6, 6.07) is 0.323. The van der Waals surface area contributed by atoms with Gasteiger partial charge in [0.2, 0.25) is 0 Å². The maximum Gasteiger partial charge on any atom is 0.306 e. The van der Waals surface area contributed by atoms with Crippen molar-refractivity contribution in [3.05, 3.63) is 0 Å². The molecule has 0 amide bonds. The van der Waals surface area contributed by atoms with E-state index >= 15 is 0 Å². The number of Topliss-reactive ketones (excluding diaryl/α,β-unsaturated/α-hetero) is 1. The number of ketones is 1. The van der Waals surface area contributed by atoms with Gasteiger partial charge in [-0.25, -0.2) is 0 Å². The third-order valence-corrected chi connectivity index (χ3v) is 12.5. The Morgan fingerprint density at radius 3 is 2.58 bits per heavy atom. The van der Waals surface area contributed by atoms with E-state index in [1.165, 1.54) is 19.3 Å². The fraction of sp³-hybridized carbons (Fsp3) is 0.935. The molecule has 202 valence electrons. The fourth-order valence-electron chi connectivity index (χ4n) is 10.9. The Balaban J connectivity index is 1.22. The molecule has 6 rings (SSSR count). The highest BCUT2D eigenvalue weighted by Crippen LogP contribution is 2.66. The van der Waals surface area contributed by atoms with Gasteiger partial charge >= 0.3 is 5.97 Å². The molecule has 2 heterocycles. The Hall–Kier alpha value is -0.940. The summed E-state index contributed by atoms with van der Waals surface area (Å²) in [6.07, 6.45) is 10.5. The number of rotatable bonds is 3. The van der Waals surface area contributed by atoms with Crippen molar-refractivity contribution in [2.45, 2.75) is 116 Å². The first-order chi connectivity index (χ1) is 17.1. The highest BCUT2D eigenvalue weighted by molar-refractivity contribution is 5.83. The van der Waals surface area contributed by atoms with Crippen LogP contribution in [-0.4, -0.2) is 52.6 Å². The van der Waals surface area contributed by atoms with Crippen LogP contribution in [0.15, 0.2) is 0 Å². The molecule has 12 atom stereocenters. The Labute approximate surface area is 218 Å². The minimum Gasteiger partial charge on any atom is -0.462 e. The van der Waals surface area contributed by atoms with Crippen LogP contribution >= 0.6 is 0 Å². The molecular weight excluding hydrogens is 450 g/mol. The molecular formula is C31H49NO4. The summed E-state index contributed by atoms with van der Waals surface area (Å²) in [7, 11) is 0. The first kappa shape index (κ1) is 25.3. The molecule has 5 nitrogen and oxygen atoms in total. The van der Waals surface area contributed by atoms with Crippen LogP contribution in [0.3, 0.4) is 0 Å². The molecule has 0 radical (unpaired) electrons. The molecule has 0 unspecified atom stereocenters. The first-order valence-corrected chi connectivity index (χ1v) is 15.3. The van der Waals surface area contributed by atoms with E-state index in [1.54, 1.807) is 0 Å². The minimum absolute atomic E-state index is 0.0415. The van der Waals surface area contributed by atoms with Crippen LogP contribution in [0.5, 0.6) is 0 Å². The zero-order valence-electron chi connectivity index (χ0n) is 23.1. The minimum atomic E-state index is -0.593. The van der Waals surface area contributed by atoms with E-state index in [4.69, 9.17) is 4.74 Å². The summed E-state index contributed by atoms with van der Waals surface area (Å²) < 4.78 is 5.81. The third kappa shape index (κ3) is 3.84. The molecule has 4 saturated carbocycles. The van der Waals surface area contributed by atoms with Crippen LogP contribution in [0.2, 0.25) is 0 Å². The average Bonchev–Trinajstić information content (AvgIpc) is 3.20. The predicted molar refractivity (Wildman–Crippen MR) is 139 cm³/mol. The maximum atomic E-state index is 13.6. The van der Waals surface area contributed by atoms with Gasteiger partial charge in [0.05, 0.1) is 5.60 Å². The molecule has 0 aromatic heterocycles. The quantitative estimate of drug-likeness (QED) is 0.538. The largest absolute Gasteiger partial charge is 0.462 e. The van der Waals surface area contributed by atoms with E-state index in [0.717, 1.165) is 64.0 Å². The number of nitrogens with zero attached hydrogens (tertiary/aromatic N) is 1. The maximum absolute atomic E-state index is 13.6. The Bertz CT molecular complexity index is 886. The fourth-order valence-corrected chi connectivity index (χ4v) is 10.9. The Morgan fingerprint density at radius 2 is 1.81 bits per heavy atom. The second kappa shape index (κ2) is 9.07. The highest BCUT2D eigenvalue weighted by Gasteiger charge is 2.64. The van der Waals surface area contributed by atoms with E-state index in [1.807, 2.05) is 6.92 Å². The second-order valence-corrected chi connectivity index (χ2v) is 14.4. The topological polar surface area (TPSA) is 66.8 Å². The number of fused-ring (bicyclic) bond motifs is 8. The summed E-state index contributed by atoms with van der Waals surface area (Å²) in [4.78, 5) is 28.4. The zero-order chi connectivity index (χ0) is 25.4. The Kier molecular flexibility index (Phi) is 6.39. The lowest BCUT2D eigenvalue weighted by Gasteiger charge is -2.59. The van der Waals surface area contributed by atoms with Crippen LogP contribution in [-0.2, 0) is 14.3 Å². The van der Waals surface area contributed by atoms with E-state index < -0.39 is 5.60 Å². The van der Waals surface area contributed by atoms with Gasteiger partial charge in [0.1, 0.15) is 11.9 Å². The lowest BCUT2D eigenvalue weighted by atomic mass is 9.51. The summed E-state index contributed by atoms with van der Waals surface area (Å²) in [6.45, 7) is 11.2. The van der Waals surface area contributed by atoms with Gasteiger partial charge in [-0.3, -0.25) is 14.5 Å². The lowest BCUT2D eigenvalue weighted by Crippen LogP contribution is -2.67. The molecule has 6 fully saturated rings. The molecule has 36 heavy (non-hydrogen) atoms. The van der Waals surface area contributed by atoms with Gasteiger partial charge in [-0.05, 0) is 112 Å². The van der Waals surface area contributed by atoms with Crippen molar-refractivity contribution in [1.29, 1.82) is 0 Å². The number of carbonyl (C=O) groups excluding carboxylic acids is 2. The average molecular weight is 500 g/mol. The molecule has 0 spiro atoms. The normalized spacial score (nSPS) is 52.4. The molecule has 2 saturated heterocycles. The van der Waals surface area contributed by atoms with E-state index in [-0.39, 0.29) is 23.4 Å². The zero-order valence-corrected chi connectivity index (χ0v) is 23.1. The van der Waals surface area contributed by atoms with Crippen molar-refractivity contribution in [1.82, 2.24) is 4.90 Å². The number of esters is 1. The van der Waals surface area contributed by atoms with Crippen LogP contribution in [0.1, 0.15) is 98.3 Å². The van der Waals surface area contributed by atoms with Crippen molar-refractivity contribution in [2.24, 2.45) is 52.8 Å². The summed E-state index contributed by atoms with van der Waals surface area (Å²) in [5.41, 5.74) is -0.551. The van der Waals surface area contributed by atoms with Crippen molar-refractivity contribution in [3.8, 4) is 0 Å². The number of hydrogen-bond acceptors (Lipinski definition) is 5. The second-order valence-electron chi connectivity index (χ2n) is 14.4. The predicted octanol–water partition coefficient (Wildman–Crippen LogP) is 5.24. The SMILES string of the molecule is CCCC(=O)O[C@H]1CC[C@@]2(C)[C@H](C1)C(=O)C[C@H]1[C@@H]3CC[C@H]4[C@@H](CN5C[C@@H](C)CC[C@H]5[C@@]4(C)O)[C@@H]3C[C@@H]12. The molecule has 1 N–H and O–H groups in total.